The number of ether oxygens (including phenoxy) is 1. The Labute approximate surface area is 98.9 Å². The molecule has 0 aliphatic rings. The molecule has 0 amide bonds. The summed E-state index contributed by atoms with van der Waals surface area (Å²) in [5.74, 6) is -0.760. The van der Waals surface area contributed by atoms with E-state index in [-0.39, 0.29) is 22.3 Å². The molecule has 0 aromatic carbocycles. The summed E-state index contributed by atoms with van der Waals surface area (Å²) >= 11 is 3.06. The van der Waals surface area contributed by atoms with E-state index in [0.29, 0.717) is 0 Å². The molecule has 2 N–H and O–H groups in total. The summed E-state index contributed by atoms with van der Waals surface area (Å²) in [5.41, 5.74) is 5.25. The number of rotatable bonds is 3. The number of nitrogens with two attached hydrogens (primary N) is 1. The molecular formula is C9H9BrF2N2O2. The van der Waals surface area contributed by atoms with E-state index in [9.17, 15) is 13.6 Å². The van der Waals surface area contributed by atoms with Crippen molar-refractivity contribution in [1.29, 1.82) is 0 Å². The van der Waals surface area contributed by atoms with Crippen molar-refractivity contribution in [3.63, 3.8) is 0 Å². The molecule has 0 atom stereocenters. The Balaban J connectivity index is 3.35. The molecule has 7 heteroatoms. The summed E-state index contributed by atoms with van der Waals surface area (Å²) in [6.45, 7) is 0. The molecule has 0 spiro atoms. The second-order valence-corrected chi connectivity index (χ2v) is 3.44. The first-order valence-electron chi connectivity index (χ1n) is 4.23. The number of pyridine rings is 1. The number of carbonyl (C=O) groups is 1. The molecule has 0 aliphatic carbocycles. The van der Waals surface area contributed by atoms with Gasteiger partial charge in [-0.05, 0) is 6.07 Å². The lowest BCUT2D eigenvalue weighted by Gasteiger charge is -2.09. The number of alkyl halides is 3. The highest BCUT2D eigenvalue weighted by Crippen LogP contribution is 2.25. The third-order valence-corrected chi connectivity index (χ3v) is 2.44. The molecule has 0 saturated carbocycles. The highest BCUT2D eigenvalue weighted by Gasteiger charge is 2.19. The van der Waals surface area contributed by atoms with E-state index in [1.165, 1.54) is 0 Å². The number of anilines is 1. The number of nitrogens with zero attached hydrogens (tertiary/aromatic N) is 1. The minimum atomic E-state index is -2.76. The predicted octanol–water partition coefficient (Wildman–Crippen LogP) is 2.28. The van der Waals surface area contributed by atoms with Gasteiger partial charge < -0.3 is 10.5 Å². The number of carbonyl (C=O) groups excluding carboxylic acids is 1. The van der Waals surface area contributed by atoms with Crippen LogP contribution in [0.25, 0.3) is 0 Å². The molecule has 16 heavy (non-hydrogen) atoms. The fraction of sp³-hybridized carbons (Fsp3) is 0.333. The summed E-state index contributed by atoms with van der Waals surface area (Å²) in [6.07, 6.45) is -2.76. The minimum Gasteiger partial charge on any atom is -0.465 e. The number of nitrogen functional groups attached to an aromatic ring is 1. The SMILES string of the molecule is COC(=O)c1cc(C(F)F)nc(CBr)c1N. The van der Waals surface area contributed by atoms with E-state index in [1.54, 1.807) is 0 Å². The smallest absolute Gasteiger partial charge is 0.340 e. The summed E-state index contributed by atoms with van der Waals surface area (Å²) in [7, 11) is 1.15. The number of esters is 1. The Bertz CT molecular complexity index is 413. The van der Waals surface area contributed by atoms with E-state index in [4.69, 9.17) is 5.73 Å². The Kier molecular flexibility index (Phi) is 4.17. The van der Waals surface area contributed by atoms with E-state index in [0.717, 1.165) is 13.2 Å². The van der Waals surface area contributed by atoms with Crippen molar-refractivity contribution >= 4 is 27.6 Å². The molecule has 0 radical (unpaired) electrons. The summed E-state index contributed by atoms with van der Waals surface area (Å²) in [5, 5.41) is 0.184. The maximum absolute atomic E-state index is 12.5. The third-order valence-electron chi connectivity index (χ3n) is 1.91. The topological polar surface area (TPSA) is 65.2 Å². The zero-order valence-corrected chi connectivity index (χ0v) is 9.92. The molecule has 0 saturated heterocycles. The van der Waals surface area contributed by atoms with Crippen molar-refractivity contribution in [2.24, 2.45) is 0 Å². The standard InChI is InChI=1S/C9H9BrF2N2O2/c1-16-9(15)4-2-5(8(11)12)14-6(3-10)7(4)13/h2,8H,3,13H2,1H3. The van der Waals surface area contributed by atoms with Crippen molar-refractivity contribution in [1.82, 2.24) is 4.98 Å². The van der Waals surface area contributed by atoms with Crippen LogP contribution in [0.2, 0.25) is 0 Å². The Hall–Kier alpha value is -1.24. The number of aromatic nitrogens is 1. The van der Waals surface area contributed by atoms with Gasteiger partial charge in [0, 0.05) is 5.33 Å². The second-order valence-electron chi connectivity index (χ2n) is 2.88. The van der Waals surface area contributed by atoms with Gasteiger partial charge in [-0.15, -0.1) is 0 Å². The first kappa shape index (κ1) is 12.8. The Morgan fingerprint density at radius 2 is 2.31 bits per heavy atom. The van der Waals surface area contributed by atoms with Crippen LogP contribution in [0.4, 0.5) is 14.5 Å². The predicted molar refractivity (Wildman–Crippen MR) is 57.6 cm³/mol. The van der Waals surface area contributed by atoms with Crippen molar-refractivity contribution in [2.45, 2.75) is 11.8 Å². The zero-order chi connectivity index (χ0) is 12.3. The lowest BCUT2D eigenvalue weighted by molar-refractivity contribution is 0.0601. The molecule has 1 rings (SSSR count). The van der Waals surface area contributed by atoms with Gasteiger partial charge in [0.2, 0.25) is 0 Å². The second kappa shape index (κ2) is 5.20. The molecule has 1 aromatic heterocycles. The lowest BCUT2D eigenvalue weighted by atomic mass is 10.1. The zero-order valence-electron chi connectivity index (χ0n) is 8.34. The van der Waals surface area contributed by atoms with Gasteiger partial charge in [0.1, 0.15) is 5.69 Å². The van der Waals surface area contributed by atoms with Gasteiger partial charge in [-0.3, -0.25) is 0 Å². The highest BCUT2D eigenvalue weighted by molar-refractivity contribution is 9.08. The van der Waals surface area contributed by atoms with Crippen LogP contribution >= 0.6 is 15.9 Å². The number of hydrogen-bond donors (Lipinski definition) is 1. The highest BCUT2D eigenvalue weighted by atomic mass is 79.9. The Morgan fingerprint density at radius 3 is 2.75 bits per heavy atom. The lowest BCUT2D eigenvalue weighted by Crippen LogP contribution is -2.11. The van der Waals surface area contributed by atoms with Crippen molar-refractivity contribution < 1.29 is 18.3 Å². The summed E-state index contributed by atoms with van der Waals surface area (Å²) in [4.78, 5) is 14.9. The van der Waals surface area contributed by atoms with Crippen molar-refractivity contribution in [3.05, 3.63) is 23.0 Å². The normalized spacial score (nSPS) is 10.6. The quantitative estimate of drug-likeness (QED) is 0.686. The molecule has 0 fully saturated rings. The summed E-state index contributed by atoms with van der Waals surface area (Å²) in [6, 6.07) is 0.942. The average Bonchev–Trinajstić information content (AvgIpc) is 2.28. The molecule has 88 valence electrons. The minimum absolute atomic E-state index is 0.0492. The van der Waals surface area contributed by atoms with E-state index < -0.39 is 18.1 Å². The molecule has 0 unspecified atom stereocenters. The van der Waals surface area contributed by atoms with Crippen molar-refractivity contribution in [3.8, 4) is 0 Å². The molecule has 4 nitrogen and oxygen atoms in total. The third kappa shape index (κ3) is 2.46. The van der Waals surface area contributed by atoms with Crippen LogP contribution in [-0.2, 0) is 10.1 Å². The number of halogens is 3. The molecular weight excluding hydrogens is 286 g/mol. The average molecular weight is 295 g/mol. The van der Waals surface area contributed by atoms with Crippen LogP contribution in [0.3, 0.4) is 0 Å². The van der Waals surface area contributed by atoms with Crippen LogP contribution in [0, 0.1) is 0 Å². The first-order chi connectivity index (χ1) is 7.51. The largest absolute Gasteiger partial charge is 0.465 e. The fourth-order valence-corrected chi connectivity index (χ4v) is 1.55. The van der Waals surface area contributed by atoms with E-state index in [2.05, 4.69) is 25.7 Å². The molecule has 0 bridgehead atoms. The number of hydrogen-bond acceptors (Lipinski definition) is 4. The van der Waals surface area contributed by atoms with Gasteiger partial charge >= 0.3 is 5.97 Å². The maximum Gasteiger partial charge on any atom is 0.340 e. The van der Waals surface area contributed by atoms with Gasteiger partial charge in [-0.1, -0.05) is 15.9 Å². The van der Waals surface area contributed by atoms with E-state index >= 15 is 0 Å². The van der Waals surface area contributed by atoms with Gasteiger partial charge in [0.05, 0.1) is 24.1 Å². The van der Waals surface area contributed by atoms with Crippen LogP contribution in [0.1, 0.15) is 28.2 Å². The van der Waals surface area contributed by atoms with Gasteiger partial charge in [-0.25, -0.2) is 18.6 Å². The van der Waals surface area contributed by atoms with Crippen LogP contribution in [0.5, 0.6) is 0 Å². The molecule has 1 heterocycles. The van der Waals surface area contributed by atoms with E-state index in [1.807, 2.05) is 0 Å². The van der Waals surface area contributed by atoms with Gasteiger partial charge in [0.15, 0.2) is 0 Å². The van der Waals surface area contributed by atoms with Gasteiger partial charge in [-0.2, -0.15) is 0 Å². The van der Waals surface area contributed by atoms with Crippen LogP contribution < -0.4 is 5.73 Å². The van der Waals surface area contributed by atoms with Crippen LogP contribution in [-0.4, -0.2) is 18.1 Å². The monoisotopic (exact) mass is 294 g/mol. The fourth-order valence-electron chi connectivity index (χ4n) is 1.12. The molecule has 1 aromatic rings. The van der Waals surface area contributed by atoms with Crippen molar-refractivity contribution in [2.75, 3.05) is 12.8 Å². The first-order valence-corrected chi connectivity index (χ1v) is 5.35. The maximum atomic E-state index is 12.5. The van der Waals surface area contributed by atoms with Crippen LogP contribution in [0.15, 0.2) is 6.07 Å². The number of methoxy groups -OCH3 is 1. The van der Waals surface area contributed by atoms with Gasteiger partial charge in [0.25, 0.3) is 6.43 Å². The summed E-state index contributed by atoms with van der Waals surface area (Å²) < 4.78 is 29.4. The molecule has 0 aliphatic heterocycles. The Morgan fingerprint density at radius 1 is 1.69 bits per heavy atom.